The molecule has 1 aliphatic heterocycles. The quantitative estimate of drug-likeness (QED) is 0.246. The van der Waals surface area contributed by atoms with Crippen molar-refractivity contribution in [2.24, 2.45) is 5.92 Å². The predicted molar refractivity (Wildman–Crippen MR) is 163 cm³/mol. The highest BCUT2D eigenvalue weighted by Gasteiger charge is 2.17. The second-order valence-electron chi connectivity index (χ2n) is 10.5. The highest BCUT2D eigenvalue weighted by Crippen LogP contribution is 2.31. The van der Waals surface area contributed by atoms with Crippen molar-refractivity contribution >= 4 is 11.7 Å². The third kappa shape index (κ3) is 8.05. The van der Waals surface area contributed by atoms with E-state index >= 15 is 4.39 Å². The molecule has 0 saturated carbocycles. The van der Waals surface area contributed by atoms with Crippen LogP contribution in [0.15, 0.2) is 48.7 Å². The third-order valence-corrected chi connectivity index (χ3v) is 7.22. The number of imidazole rings is 2. The summed E-state index contributed by atoms with van der Waals surface area (Å²) in [6.07, 6.45) is 13.7. The van der Waals surface area contributed by atoms with Crippen LogP contribution < -0.4 is 10.1 Å². The number of ether oxygens (including phenoxy) is 1. The van der Waals surface area contributed by atoms with Gasteiger partial charge in [-0.1, -0.05) is 18.6 Å². The molecule has 1 N–H and O–H groups in total. The zero-order chi connectivity index (χ0) is 29.2. The van der Waals surface area contributed by atoms with Crippen LogP contribution in [0.3, 0.4) is 0 Å². The number of nitrogens with zero attached hydrogens (tertiary/aromatic N) is 5. The lowest BCUT2D eigenvalue weighted by molar-refractivity contribution is 0.299. The zero-order valence-corrected chi connectivity index (χ0v) is 24.9. The van der Waals surface area contributed by atoms with Gasteiger partial charge in [0, 0.05) is 36.0 Å². The molecule has 0 aliphatic carbocycles. The molecule has 0 radical (unpaired) electrons. The van der Waals surface area contributed by atoms with E-state index in [1.165, 1.54) is 12.0 Å². The Morgan fingerprint density at radius 2 is 2.02 bits per heavy atom. The minimum atomic E-state index is -0.237. The standard InChI is InChI=1S/C27H31FN6O.C6H10/c1-18(21-4-6-29-7-5-21)13-23-19(2)12-22(14-24(23)28)25-15-26(27-31-20(3)16-34(27)32-25)35-11-10-33-9-8-30-17-33;1-3-5-6-4-2/h8-9,12-17,21,29H,4-7,10-11H2,1-3H3;3,5H2,1-2H3/b18-13+;. The van der Waals surface area contributed by atoms with E-state index in [4.69, 9.17) is 9.84 Å². The summed E-state index contributed by atoms with van der Waals surface area (Å²) in [5.74, 6) is 6.65. The van der Waals surface area contributed by atoms with Gasteiger partial charge in [0.2, 0.25) is 0 Å². The molecule has 0 bridgehead atoms. The highest BCUT2D eigenvalue weighted by molar-refractivity contribution is 5.69. The van der Waals surface area contributed by atoms with Gasteiger partial charge >= 0.3 is 0 Å². The number of unbranched alkanes of at least 4 members (excludes halogenated alkanes) is 1. The van der Waals surface area contributed by atoms with Crippen LogP contribution in [0, 0.1) is 37.4 Å². The summed E-state index contributed by atoms with van der Waals surface area (Å²) >= 11 is 0. The Bertz CT molecular complexity index is 1500. The van der Waals surface area contributed by atoms with Crippen molar-refractivity contribution in [2.75, 3.05) is 19.7 Å². The van der Waals surface area contributed by atoms with E-state index in [1.54, 1.807) is 23.1 Å². The lowest BCUT2D eigenvalue weighted by Crippen LogP contribution is -2.28. The van der Waals surface area contributed by atoms with Crippen molar-refractivity contribution in [1.29, 1.82) is 0 Å². The van der Waals surface area contributed by atoms with Crippen LogP contribution in [0.25, 0.3) is 23.0 Å². The first kappa shape index (κ1) is 30.0. The Morgan fingerprint density at radius 3 is 2.68 bits per heavy atom. The van der Waals surface area contributed by atoms with Gasteiger partial charge in [-0.25, -0.2) is 18.9 Å². The van der Waals surface area contributed by atoms with E-state index in [2.05, 4.69) is 41.0 Å². The van der Waals surface area contributed by atoms with Crippen molar-refractivity contribution in [2.45, 2.75) is 66.8 Å². The molecule has 3 aromatic heterocycles. The number of hydrogen-bond donors (Lipinski definition) is 1. The van der Waals surface area contributed by atoms with Crippen LogP contribution >= 0.6 is 0 Å². The number of halogens is 1. The molecule has 0 atom stereocenters. The Morgan fingerprint density at radius 1 is 1.22 bits per heavy atom. The molecule has 1 aromatic carbocycles. The van der Waals surface area contributed by atoms with E-state index in [9.17, 15) is 0 Å². The number of piperidine rings is 1. The molecule has 7 nitrogen and oxygen atoms in total. The van der Waals surface area contributed by atoms with Crippen molar-refractivity contribution in [1.82, 2.24) is 29.5 Å². The molecule has 1 saturated heterocycles. The van der Waals surface area contributed by atoms with Crippen molar-refractivity contribution in [3.8, 4) is 28.8 Å². The van der Waals surface area contributed by atoms with Gasteiger partial charge in [0.15, 0.2) is 11.4 Å². The molecule has 216 valence electrons. The fourth-order valence-corrected chi connectivity index (χ4v) is 4.95. The first-order valence-electron chi connectivity index (χ1n) is 14.4. The Kier molecular flexibility index (Phi) is 10.7. The van der Waals surface area contributed by atoms with Crippen molar-refractivity contribution in [3.63, 3.8) is 0 Å². The van der Waals surface area contributed by atoms with Gasteiger partial charge in [0.05, 0.1) is 30.5 Å². The summed E-state index contributed by atoms with van der Waals surface area (Å²) in [6.45, 7) is 13.1. The molecule has 1 aliphatic rings. The second-order valence-corrected chi connectivity index (χ2v) is 10.5. The molecule has 0 amide bonds. The summed E-state index contributed by atoms with van der Waals surface area (Å²) in [4.78, 5) is 8.62. The highest BCUT2D eigenvalue weighted by atomic mass is 19.1. The van der Waals surface area contributed by atoms with E-state index < -0.39 is 0 Å². The molecule has 4 heterocycles. The Balaban J connectivity index is 0.000000585. The Labute approximate surface area is 242 Å². The molecular formula is C33H41FN6O. The summed E-state index contributed by atoms with van der Waals surface area (Å²) < 4.78 is 25.1. The predicted octanol–water partition coefficient (Wildman–Crippen LogP) is 6.64. The zero-order valence-electron chi connectivity index (χ0n) is 24.9. The number of benzene rings is 1. The lowest BCUT2D eigenvalue weighted by Gasteiger charge is -2.23. The van der Waals surface area contributed by atoms with Crippen LogP contribution in [0.2, 0.25) is 0 Å². The van der Waals surface area contributed by atoms with E-state index in [0.29, 0.717) is 47.3 Å². The van der Waals surface area contributed by atoms with Gasteiger partial charge in [0.25, 0.3) is 0 Å². The van der Waals surface area contributed by atoms with E-state index in [1.807, 2.05) is 55.9 Å². The normalized spacial score (nSPS) is 13.9. The molecule has 4 aromatic rings. The molecule has 41 heavy (non-hydrogen) atoms. The van der Waals surface area contributed by atoms with Gasteiger partial charge in [-0.3, -0.25) is 0 Å². The molecule has 8 heteroatoms. The van der Waals surface area contributed by atoms with Crippen LogP contribution in [-0.4, -0.2) is 43.8 Å². The average Bonchev–Trinajstić information content (AvgIpc) is 3.63. The number of fused-ring (bicyclic) bond motifs is 1. The lowest BCUT2D eigenvalue weighted by atomic mass is 9.89. The van der Waals surface area contributed by atoms with Gasteiger partial charge in [-0.2, -0.15) is 5.10 Å². The fourth-order valence-electron chi connectivity index (χ4n) is 4.95. The SMILES string of the molecule is C/C(=C\c1c(C)cc(-c2cc(OCCn3ccnc3)c3nc(C)cn3n2)cc1F)C1CCNCC1.CC#CCCC. The molecule has 0 unspecified atom stereocenters. The van der Waals surface area contributed by atoms with Crippen LogP contribution in [0.5, 0.6) is 5.75 Å². The first-order valence-corrected chi connectivity index (χ1v) is 14.4. The number of rotatable bonds is 8. The second kappa shape index (κ2) is 14.6. The van der Waals surface area contributed by atoms with Gasteiger partial charge in [-0.15, -0.1) is 11.8 Å². The van der Waals surface area contributed by atoms with E-state index in [0.717, 1.165) is 43.6 Å². The summed E-state index contributed by atoms with van der Waals surface area (Å²) in [5, 5.41) is 8.09. The maximum absolute atomic E-state index is 15.4. The first-order chi connectivity index (χ1) is 19.9. The van der Waals surface area contributed by atoms with Crippen LogP contribution in [-0.2, 0) is 6.54 Å². The van der Waals surface area contributed by atoms with Crippen LogP contribution in [0.4, 0.5) is 4.39 Å². The molecular weight excluding hydrogens is 515 g/mol. The smallest absolute Gasteiger partial charge is 0.196 e. The summed E-state index contributed by atoms with van der Waals surface area (Å²) in [7, 11) is 0. The van der Waals surface area contributed by atoms with Gasteiger partial charge in [0.1, 0.15) is 12.4 Å². The molecule has 5 rings (SSSR count). The van der Waals surface area contributed by atoms with Crippen molar-refractivity contribution < 1.29 is 9.13 Å². The maximum atomic E-state index is 15.4. The largest absolute Gasteiger partial charge is 0.488 e. The number of allylic oxidation sites excluding steroid dienone is 1. The summed E-state index contributed by atoms with van der Waals surface area (Å²) in [5.41, 5.74) is 5.62. The van der Waals surface area contributed by atoms with E-state index in [-0.39, 0.29) is 5.82 Å². The number of hydrogen-bond acceptors (Lipinski definition) is 5. The minimum absolute atomic E-state index is 0.237. The third-order valence-electron chi connectivity index (χ3n) is 7.22. The van der Waals surface area contributed by atoms with Crippen molar-refractivity contribution in [3.05, 3.63) is 71.3 Å². The van der Waals surface area contributed by atoms with Gasteiger partial charge < -0.3 is 14.6 Å². The topological polar surface area (TPSA) is 69.3 Å². The summed E-state index contributed by atoms with van der Waals surface area (Å²) in [6, 6.07) is 5.42. The minimum Gasteiger partial charge on any atom is -0.488 e. The molecule has 1 fully saturated rings. The van der Waals surface area contributed by atoms with Crippen LogP contribution in [0.1, 0.15) is 63.3 Å². The molecule has 0 spiro atoms. The Hall–Kier alpha value is -3.96. The average molecular weight is 557 g/mol. The number of aromatic nitrogens is 5. The maximum Gasteiger partial charge on any atom is 0.196 e. The fraction of sp³-hybridized carbons (Fsp3) is 0.424. The number of nitrogens with one attached hydrogen (secondary N) is 1. The van der Waals surface area contributed by atoms with Gasteiger partial charge in [-0.05, 0) is 83.7 Å². The monoisotopic (exact) mass is 556 g/mol. The number of aryl methyl sites for hydroxylation is 2.